The summed E-state index contributed by atoms with van der Waals surface area (Å²) in [5.41, 5.74) is 2.52. The molecule has 26 heavy (non-hydrogen) atoms. The number of pyridine rings is 1. The lowest BCUT2D eigenvalue weighted by atomic mass is 10.0. The van der Waals surface area contributed by atoms with Gasteiger partial charge in [0.1, 0.15) is 17.2 Å². The number of hydrogen-bond donors (Lipinski definition) is 1. The molecule has 6 nitrogen and oxygen atoms in total. The second-order valence-electron chi connectivity index (χ2n) is 5.95. The van der Waals surface area contributed by atoms with E-state index in [-0.39, 0.29) is 12.1 Å². The van der Waals surface area contributed by atoms with E-state index < -0.39 is 23.7 Å². The lowest BCUT2D eigenvalue weighted by molar-refractivity contribution is -0.141. The topological polar surface area (TPSA) is 72.7 Å². The standard InChI is InChI=1S/C19H18FN3O3/c1-12-7-8-23-11-16(21-17(23)9-12)19(25)22-15(10-18(24)26-2)13-3-5-14(20)6-4-13/h3-9,11,15H,10H2,1-2H3,(H,22,25). The Morgan fingerprint density at radius 1 is 1.27 bits per heavy atom. The number of benzene rings is 1. The van der Waals surface area contributed by atoms with Crippen molar-refractivity contribution in [2.75, 3.05) is 7.11 Å². The van der Waals surface area contributed by atoms with Crippen LogP contribution in [0.1, 0.15) is 34.1 Å². The lowest BCUT2D eigenvalue weighted by Crippen LogP contribution is -2.30. The molecule has 2 heterocycles. The number of ether oxygens (including phenoxy) is 1. The Balaban J connectivity index is 1.85. The molecule has 0 aliphatic carbocycles. The summed E-state index contributed by atoms with van der Waals surface area (Å²) in [5, 5.41) is 2.77. The number of amides is 1. The summed E-state index contributed by atoms with van der Waals surface area (Å²) in [4.78, 5) is 28.6. The van der Waals surface area contributed by atoms with Gasteiger partial charge in [0.15, 0.2) is 0 Å². The smallest absolute Gasteiger partial charge is 0.307 e. The van der Waals surface area contributed by atoms with E-state index >= 15 is 0 Å². The maximum atomic E-state index is 13.2. The Hall–Kier alpha value is -3.22. The van der Waals surface area contributed by atoms with E-state index in [4.69, 9.17) is 4.74 Å². The van der Waals surface area contributed by atoms with Crippen LogP contribution in [0.2, 0.25) is 0 Å². The Bertz CT molecular complexity index is 950. The van der Waals surface area contributed by atoms with Crippen molar-refractivity contribution in [1.82, 2.24) is 14.7 Å². The molecule has 0 saturated heterocycles. The van der Waals surface area contributed by atoms with Crippen LogP contribution >= 0.6 is 0 Å². The molecule has 0 bridgehead atoms. The van der Waals surface area contributed by atoms with Gasteiger partial charge in [0.2, 0.25) is 0 Å². The zero-order chi connectivity index (χ0) is 18.7. The molecule has 0 fully saturated rings. The van der Waals surface area contributed by atoms with Crippen molar-refractivity contribution >= 4 is 17.5 Å². The number of carbonyl (C=O) groups excluding carboxylic acids is 2. The first-order valence-electron chi connectivity index (χ1n) is 8.05. The molecule has 0 spiro atoms. The quantitative estimate of drug-likeness (QED) is 0.715. The Kier molecular flexibility index (Phi) is 4.97. The van der Waals surface area contributed by atoms with Crippen LogP contribution < -0.4 is 5.32 Å². The second kappa shape index (κ2) is 7.35. The molecule has 3 rings (SSSR count). The fourth-order valence-electron chi connectivity index (χ4n) is 2.62. The number of carbonyl (C=O) groups is 2. The molecule has 0 saturated carbocycles. The molecule has 0 aliphatic rings. The fourth-order valence-corrected chi connectivity index (χ4v) is 2.62. The number of fused-ring (bicyclic) bond motifs is 1. The maximum Gasteiger partial charge on any atom is 0.307 e. The lowest BCUT2D eigenvalue weighted by Gasteiger charge is -2.17. The summed E-state index contributed by atoms with van der Waals surface area (Å²) in [7, 11) is 1.27. The van der Waals surface area contributed by atoms with Crippen LogP contribution in [0.15, 0.2) is 48.8 Å². The Labute approximate surface area is 149 Å². The van der Waals surface area contributed by atoms with Crippen molar-refractivity contribution in [3.05, 3.63) is 71.4 Å². The molecule has 1 atom stereocenters. The summed E-state index contributed by atoms with van der Waals surface area (Å²) < 4.78 is 19.6. The molecule has 0 radical (unpaired) electrons. The van der Waals surface area contributed by atoms with Gasteiger partial charge in [0.25, 0.3) is 5.91 Å². The molecule has 7 heteroatoms. The van der Waals surface area contributed by atoms with Crippen LogP contribution in [0, 0.1) is 12.7 Å². The number of hydrogen-bond acceptors (Lipinski definition) is 4. The first-order valence-corrected chi connectivity index (χ1v) is 8.05. The van der Waals surface area contributed by atoms with E-state index in [1.165, 1.54) is 31.4 Å². The monoisotopic (exact) mass is 355 g/mol. The molecule has 1 aromatic carbocycles. The second-order valence-corrected chi connectivity index (χ2v) is 5.95. The number of imidazole rings is 1. The van der Waals surface area contributed by atoms with Crippen molar-refractivity contribution in [3.8, 4) is 0 Å². The molecular formula is C19H18FN3O3. The van der Waals surface area contributed by atoms with Crippen LogP contribution in [-0.2, 0) is 9.53 Å². The van der Waals surface area contributed by atoms with Gasteiger partial charge >= 0.3 is 5.97 Å². The van der Waals surface area contributed by atoms with Gasteiger partial charge in [-0.1, -0.05) is 12.1 Å². The summed E-state index contributed by atoms with van der Waals surface area (Å²) in [5.74, 6) is -1.30. The number of nitrogens with zero attached hydrogens (tertiary/aromatic N) is 2. The van der Waals surface area contributed by atoms with Crippen molar-refractivity contribution in [2.24, 2.45) is 0 Å². The third kappa shape index (κ3) is 3.88. The maximum absolute atomic E-state index is 13.2. The number of aryl methyl sites for hydroxylation is 1. The van der Waals surface area contributed by atoms with Crippen LogP contribution in [0.4, 0.5) is 4.39 Å². The molecule has 1 N–H and O–H groups in total. The summed E-state index contributed by atoms with van der Waals surface area (Å²) in [6, 6.07) is 8.73. The van der Waals surface area contributed by atoms with E-state index in [0.29, 0.717) is 11.2 Å². The van der Waals surface area contributed by atoms with Crippen molar-refractivity contribution < 1.29 is 18.7 Å². The van der Waals surface area contributed by atoms with Crippen LogP contribution in [0.3, 0.4) is 0 Å². The Morgan fingerprint density at radius 3 is 2.69 bits per heavy atom. The minimum absolute atomic E-state index is 0.0691. The van der Waals surface area contributed by atoms with Gasteiger partial charge in [-0.3, -0.25) is 9.59 Å². The summed E-state index contributed by atoms with van der Waals surface area (Å²) in [6.45, 7) is 1.94. The van der Waals surface area contributed by atoms with Gasteiger partial charge in [0.05, 0.1) is 19.6 Å². The van der Waals surface area contributed by atoms with E-state index in [9.17, 15) is 14.0 Å². The van der Waals surface area contributed by atoms with Gasteiger partial charge in [0, 0.05) is 12.4 Å². The highest BCUT2D eigenvalue weighted by molar-refractivity contribution is 5.93. The zero-order valence-corrected chi connectivity index (χ0v) is 14.4. The molecular weight excluding hydrogens is 337 g/mol. The van der Waals surface area contributed by atoms with Crippen LogP contribution in [-0.4, -0.2) is 28.4 Å². The average Bonchev–Trinajstić information content (AvgIpc) is 3.05. The van der Waals surface area contributed by atoms with Gasteiger partial charge < -0.3 is 14.5 Å². The fraction of sp³-hybridized carbons (Fsp3) is 0.211. The molecule has 3 aromatic rings. The minimum Gasteiger partial charge on any atom is -0.469 e. The third-order valence-corrected chi connectivity index (χ3v) is 4.02. The Morgan fingerprint density at radius 2 is 2.00 bits per heavy atom. The SMILES string of the molecule is COC(=O)CC(NC(=O)c1cn2ccc(C)cc2n1)c1ccc(F)cc1. The number of esters is 1. The van der Waals surface area contributed by atoms with Gasteiger partial charge in [-0.15, -0.1) is 0 Å². The normalized spacial score (nSPS) is 12.0. The predicted molar refractivity (Wildman–Crippen MR) is 93.2 cm³/mol. The largest absolute Gasteiger partial charge is 0.469 e. The average molecular weight is 355 g/mol. The molecule has 2 aromatic heterocycles. The molecule has 134 valence electrons. The first kappa shape index (κ1) is 17.6. The number of rotatable bonds is 5. The van der Waals surface area contributed by atoms with Crippen LogP contribution in [0.25, 0.3) is 5.65 Å². The van der Waals surface area contributed by atoms with Gasteiger partial charge in [-0.05, 0) is 42.3 Å². The summed E-state index contributed by atoms with van der Waals surface area (Å²) >= 11 is 0. The first-order chi connectivity index (χ1) is 12.5. The highest BCUT2D eigenvalue weighted by Crippen LogP contribution is 2.19. The van der Waals surface area contributed by atoms with Crippen molar-refractivity contribution in [1.29, 1.82) is 0 Å². The third-order valence-electron chi connectivity index (χ3n) is 4.02. The van der Waals surface area contributed by atoms with Gasteiger partial charge in [-0.25, -0.2) is 9.37 Å². The molecule has 0 aliphatic heterocycles. The zero-order valence-electron chi connectivity index (χ0n) is 14.4. The van der Waals surface area contributed by atoms with E-state index in [0.717, 1.165) is 5.56 Å². The number of methoxy groups -OCH3 is 1. The van der Waals surface area contributed by atoms with Gasteiger partial charge in [-0.2, -0.15) is 0 Å². The van der Waals surface area contributed by atoms with Crippen LogP contribution in [0.5, 0.6) is 0 Å². The molecule has 1 amide bonds. The number of halogens is 1. The highest BCUT2D eigenvalue weighted by atomic mass is 19.1. The van der Waals surface area contributed by atoms with E-state index in [1.807, 2.05) is 25.3 Å². The predicted octanol–water partition coefficient (Wildman–Crippen LogP) is 2.82. The van der Waals surface area contributed by atoms with E-state index in [2.05, 4.69) is 10.3 Å². The van der Waals surface area contributed by atoms with E-state index in [1.54, 1.807) is 10.6 Å². The van der Waals surface area contributed by atoms with Crippen molar-refractivity contribution in [3.63, 3.8) is 0 Å². The summed E-state index contributed by atoms with van der Waals surface area (Å²) in [6.07, 6.45) is 3.37. The van der Waals surface area contributed by atoms with Crippen molar-refractivity contribution in [2.45, 2.75) is 19.4 Å². The number of nitrogens with one attached hydrogen (secondary N) is 1. The highest BCUT2D eigenvalue weighted by Gasteiger charge is 2.21. The number of aromatic nitrogens is 2. The minimum atomic E-state index is -0.651. The molecule has 1 unspecified atom stereocenters.